The van der Waals surface area contributed by atoms with Crippen molar-refractivity contribution >= 4 is 50.2 Å². The van der Waals surface area contributed by atoms with Gasteiger partial charge in [-0.2, -0.15) is 0 Å². The number of ether oxygens (including phenoxy) is 2. The van der Waals surface area contributed by atoms with Crippen LogP contribution < -0.4 is 0 Å². The third-order valence-corrected chi connectivity index (χ3v) is 9.40. The lowest BCUT2D eigenvalue weighted by Gasteiger charge is -2.23. The maximum Gasteiger partial charge on any atom is 0.219 e. The second-order valence-electron chi connectivity index (χ2n) is 10.7. The van der Waals surface area contributed by atoms with Crippen molar-refractivity contribution in [2.45, 2.75) is 20.3 Å². The number of carbonyl (C=O) groups is 2. The number of methoxy groups -OCH3 is 2. The molecule has 1 heterocycles. The molecule has 3 aromatic carbocycles. The van der Waals surface area contributed by atoms with E-state index >= 15 is 0 Å². The lowest BCUT2D eigenvalue weighted by atomic mass is 9.97. The number of allylic oxidation sites excluding steroid dienone is 3. The maximum atomic E-state index is 12.1. The van der Waals surface area contributed by atoms with Crippen LogP contribution in [0.4, 0.5) is 0 Å². The van der Waals surface area contributed by atoms with Gasteiger partial charge in [-0.25, -0.2) is 10.0 Å². The van der Waals surface area contributed by atoms with Crippen molar-refractivity contribution in [1.82, 2.24) is 4.90 Å². The van der Waals surface area contributed by atoms with Gasteiger partial charge in [0.15, 0.2) is 12.0 Å². The number of fused-ring (bicyclic) bond motifs is 1. The number of carbonyl (C=O) groups excluding carboxylic acids is 2. The van der Waals surface area contributed by atoms with Gasteiger partial charge in [0.25, 0.3) is 0 Å². The van der Waals surface area contributed by atoms with Crippen LogP contribution >= 0.6 is 21.8 Å². The van der Waals surface area contributed by atoms with E-state index in [4.69, 9.17) is 9.47 Å². The zero-order valence-corrected chi connectivity index (χ0v) is 27.1. The summed E-state index contributed by atoms with van der Waals surface area (Å²) >= 11 is 1.31. The SMILES string of the molecule is C/C=C(Cc1cccc2ccccc12)\C(OC)=C1\SC(c2ccc(O)c(C)c2)=C(C=O)N1C=O.COCCS(C)(C)C. The van der Waals surface area contributed by atoms with E-state index in [1.165, 1.54) is 22.4 Å². The summed E-state index contributed by atoms with van der Waals surface area (Å²) in [7, 11) is 3.02. The Bertz CT molecular complexity index is 1510. The second-order valence-corrected chi connectivity index (χ2v) is 16.3. The number of phenols is 1. The number of thioether (sulfide) groups is 1. The average Bonchev–Trinajstić information content (AvgIpc) is 3.35. The van der Waals surface area contributed by atoms with Crippen LogP contribution in [0, 0.1) is 6.92 Å². The summed E-state index contributed by atoms with van der Waals surface area (Å²) in [6, 6.07) is 19.5. The molecular weight excluding hydrogens is 567 g/mol. The molecular formula is C34H41NO5S2. The van der Waals surface area contributed by atoms with Gasteiger partial charge in [0.2, 0.25) is 6.41 Å². The Balaban J connectivity index is 0.000000531. The van der Waals surface area contributed by atoms with E-state index in [2.05, 4.69) is 43.0 Å². The Morgan fingerprint density at radius 1 is 1.02 bits per heavy atom. The monoisotopic (exact) mass is 607 g/mol. The standard InChI is InChI=1S/C28H25NO4S.C6H16OS/c1-4-19(15-21-10-7-9-20-8-5-6-11-23(20)21)26(33-3)28-29(17-31)24(16-30)27(34-28)22-12-13-25(32)18(2)14-22;1-7-5-6-8(2,3)4/h4-14,16-17,32H,15H2,1-3H3;5-6H2,1-4H3/b19-4-,28-26-;. The molecule has 0 saturated carbocycles. The van der Waals surface area contributed by atoms with Gasteiger partial charge in [-0.1, -0.05) is 66.4 Å². The number of aryl methyl sites for hydroxylation is 1. The van der Waals surface area contributed by atoms with E-state index in [9.17, 15) is 14.7 Å². The predicted molar refractivity (Wildman–Crippen MR) is 179 cm³/mol. The molecule has 0 aliphatic carbocycles. The number of aromatic hydroxyl groups is 1. The van der Waals surface area contributed by atoms with E-state index in [1.807, 2.05) is 31.2 Å². The number of hydrogen-bond acceptors (Lipinski definition) is 6. The smallest absolute Gasteiger partial charge is 0.219 e. The normalized spacial score (nSPS) is 15.3. The molecule has 0 saturated heterocycles. The zero-order valence-electron chi connectivity index (χ0n) is 25.5. The number of nitrogens with zero attached hydrogens (tertiary/aromatic N) is 1. The minimum Gasteiger partial charge on any atom is -0.508 e. The third-order valence-electron chi connectivity index (χ3n) is 6.78. The first-order valence-corrected chi connectivity index (χ1v) is 17.4. The van der Waals surface area contributed by atoms with Crippen molar-refractivity contribution in [3.63, 3.8) is 0 Å². The van der Waals surface area contributed by atoms with E-state index < -0.39 is 0 Å². The summed E-state index contributed by atoms with van der Waals surface area (Å²) in [5, 5.41) is 12.8. The van der Waals surface area contributed by atoms with Crippen molar-refractivity contribution in [3.8, 4) is 5.75 Å². The largest absolute Gasteiger partial charge is 0.508 e. The fourth-order valence-corrected chi connectivity index (χ4v) is 6.35. The molecule has 0 aromatic heterocycles. The van der Waals surface area contributed by atoms with Gasteiger partial charge in [0.05, 0.1) is 13.7 Å². The molecule has 1 aliphatic rings. The maximum absolute atomic E-state index is 12.1. The van der Waals surface area contributed by atoms with E-state index in [1.54, 1.807) is 39.3 Å². The molecule has 42 heavy (non-hydrogen) atoms. The van der Waals surface area contributed by atoms with Crippen LogP contribution in [0.2, 0.25) is 0 Å². The van der Waals surface area contributed by atoms with Gasteiger partial charge >= 0.3 is 0 Å². The molecule has 1 aliphatic heterocycles. The number of rotatable bonds is 10. The van der Waals surface area contributed by atoms with Gasteiger partial charge < -0.3 is 14.6 Å². The van der Waals surface area contributed by atoms with Gasteiger partial charge in [0, 0.05) is 24.2 Å². The highest BCUT2D eigenvalue weighted by Gasteiger charge is 2.33. The summed E-state index contributed by atoms with van der Waals surface area (Å²) in [5.74, 6) is 1.94. The predicted octanol–water partition coefficient (Wildman–Crippen LogP) is 7.26. The third kappa shape index (κ3) is 8.09. The molecule has 0 bridgehead atoms. The van der Waals surface area contributed by atoms with Crippen LogP contribution in [0.25, 0.3) is 15.7 Å². The molecule has 224 valence electrons. The van der Waals surface area contributed by atoms with Gasteiger partial charge in [-0.3, -0.25) is 14.5 Å². The van der Waals surface area contributed by atoms with E-state index in [0.29, 0.717) is 40.4 Å². The van der Waals surface area contributed by atoms with Crippen LogP contribution in [0.15, 0.2) is 88.8 Å². The highest BCUT2D eigenvalue weighted by atomic mass is 32.3. The Kier molecular flexibility index (Phi) is 11.9. The van der Waals surface area contributed by atoms with Crippen molar-refractivity contribution < 1.29 is 24.2 Å². The molecule has 0 atom stereocenters. The van der Waals surface area contributed by atoms with Gasteiger partial charge in [-0.15, -0.1) is 0 Å². The van der Waals surface area contributed by atoms with Crippen LogP contribution in [-0.2, 0) is 25.5 Å². The molecule has 1 amide bonds. The number of benzene rings is 3. The Morgan fingerprint density at radius 3 is 2.31 bits per heavy atom. The highest BCUT2D eigenvalue weighted by Crippen LogP contribution is 2.48. The summed E-state index contributed by atoms with van der Waals surface area (Å²) < 4.78 is 10.8. The van der Waals surface area contributed by atoms with E-state index in [-0.39, 0.29) is 21.5 Å². The van der Waals surface area contributed by atoms with Gasteiger partial charge in [0.1, 0.15) is 16.5 Å². The molecule has 0 unspecified atom stereocenters. The first-order chi connectivity index (χ1) is 20.1. The second kappa shape index (κ2) is 15.1. The first-order valence-electron chi connectivity index (χ1n) is 13.6. The van der Waals surface area contributed by atoms with Crippen LogP contribution in [0.3, 0.4) is 0 Å². The molecule has 3 aromatic rings. The molecule has 6 nitrogen and oxygen atoms in total. The Hall–Kier alpha value is -3.46. The number of phenolic OH excluding ortho intramolecular Hbond substituents is 1. The van der Waals surface area contributed by atoms with Crippen LogP contribution in [0.1, 0.15) is 23.6 Å². The number of aldehydes is 1. The molecule has 0 fully saturated rings. The lowest BCUT2D eigenvalue weighted by molar-refractivity contribution is -0.117. The fourth-order valence-electron chi connectivity index (χ4n) is 4.45. The summed E-state index contributed by atoms with van der Waals surface area (Å²) in [6.45, 7) is 4.64. The first kappa shape index (κ1) is 33.0. The Labute approximate surface area is 255 Å². The summed E-state index contributed by atoms with van der Waals surface area (Å²) in [6.07, 6.45) is 10.8. The molecule has 1 N–H and O–H groups in total. The summed E-state index contributed by atoms with van der Waals surface area (Å²) in [4.78, 5) is 26.1. The van der Waals surface area contributed by atoms with Crippen molar-refractivity contribution in [3.05, 3.63) is 105 Å². The quantitative estimate of drug-likeness (QED) is 0.193. The van der Waals surface area contributed by atoms with Crippen molar-refractivity contribution in [2.24, 2.45) is 0 Å². The molecule has 0 spiro atoms. The summed E-state index contributed by atoms with van der Waals surface area (Å²) in [5.41, 5.74) is 3.72. The highest BCUT2D eigenvalue weighted by molar-refractivity contribution is 8.32. The van der Waals surface area contributed by atoms with Crippen LogP contribution in [0.5, 0.6) is 5.75 Å². The van der Waals surface area contributed by atoms with Crippen LogP contribution in [-0.4, -0.2) is 68.0 Å². The van der Waals surface area contributed by atoms with Crippen molar-refractivity contribution in [2.75, 3.05) is 45.3 Å². The van der Waals surface area contributed by atoms with Crippen molar-refractivity contribution in [1.29, 1.82) is 0 Å². The minimum absolute atomic E-state index is 0.173. The lowest BCUT2D eigenvalue weighted by Crippen LogP contribution is -2.19. The molecule has 8 heteroatoms. The fraction of sp³-hybridized carbons (Fsp3) is 0.294. The van der Waals surface area contributed by atoms with Gasteiger partial charge in [-0.05, 0) is 77.8 Å². The Morgan fingerprint density at radius 2 is 1.74 bits per heavy atom. The topological polar surface area (TPSA) is 76.1 Å². The minimum atomic E-state index is -0.311. The molecule has 0 radical (unpaired) electrons. The number of amides is 1. The zero-order chi connectivity index (χ0) is 30.9. The molecule has 4 rings (SSSR count). The van der Waals surface area contributed by atoms with E-state index in [0.717, 1.165) is 34.1 Å². The average molecular weight is 608 g/mol. The number of hydrogen-bond donors (Lipinski definition) is 1.